The molecular formula is C10H11BrClFO. The van der Waals surface area contributed by atoms with E-state index in [4.69, 9.17) is 16.3 Å². The zero-order valence-corrected chi connectivity index (χ0v) is 9.94. The lowest BCUT2D eigenvalue weighted by Crippen LogP contribution is -1.98. The lowest BCUT2D eigenvalue weighted by atomic mass is 10.3. The molecule has 1 aromatic carbocycles. The summed E-state index contributed by atoms with van der Waals surface area (Å²) in [5.74, 6) is 0.883. The molecule has 1 aromatic rings. The molecule has 78 valence electrons. The highest BCUT2D eigenvalue weighted by Gasteiger charge is 2.02. The summed E-state index contributed by atoms with van der Waals surface area (Å²) < 4.78 is 18.9. The van der Waals surface area contributed by atoms with Gasteiger partial charge in [-0.05, 0) is 40.9 Å². The van der Waals surface area contributed by atoms with Crippen LogP contribution in [0.5, 0.6) is 5.75 Å². The average Bonchev–Trinajstić information content (AvgIpc) is 2.18. The van der Waals surface area contributed by atoms with Crippen molar-refractivity contribution >= 4 is 27.5 Å². The maximum atomic E-state index is 12.8. The molecule has 0 atom stereocenters. The zero-order chi connectivity index (χ0) is 10.4. The van der Waals surface area contributed by atoms with E-state index >= 15 is 0 Å². The topological polar surface area (TPSA) is 9.23 Å². The van der Waals surface area contributed by atoms with Crippen molar-refractivity contribution in [2.45, 2.75) is 12.8 Å². The summed E-state index contributed by atoms with van der Waals surface area (Å²) in [6, 6.07) is 4.38. The summed E-state index contributed by atoms with van der Waals surface area (Å²) >= 11 is 8.80. The summed E-state index contributed by atoms with van der Waals surface area (Å²) in [4.78, 5) is 0. The van der Waals surface area contributed by atoms with E-state index < -0.39 is 0 Å². The van der Waals surface area contributed by atoms with E-state index in [-0.39, 0.29) is 5.82 Å². The van der Waals surface area contributed by atoms with Crippen molar-refractivity contribution in [3.63, 3.8) is 0 Å². The standard InChI is InChI=1S/C10H11BrClFO/c11-9-4-3-8(13)7-10(9)14-6-2-1-5-12/h3-4,7H,1-2,5-6H2. The Morgan fingerprint density at radius 1 is 1.36 bits per heavy atom. The van der Waals surface area contributed by atoms with Crippen LogP contribution in [0.15, 0.2) is 22.7 Å². The smallest absolute Gasteiger partial charge is 0.136 e. The third-order valence-electron chi connectivity index (χ3n) is 1.68. The Kier molecular flexibility index (Phi) is 5.26. The molecule has 0 saturated heterocycles. The van der Waals surface area contributed by atoms with Crippen LogP contribution < -0.4 is 4.74 Å². The first kappa shape index (κ1) is 11.8. The Morgan fingerprint density at radius 3 is 2.86 bits per heavy atom. The fraction of sp³-hybridized carbons (Fsp3) is 0.400. The molecule has 0 spiro atoms. The number of alkyl halides is 1. The lowest BCUT2D eigenvalue weighted by molar-refractivity contribution is 0.306. The van der Waals surface area contributed by atoms with Crippen LogP contribution in [-0.2, 0) is 0 Å². The van der Waals surface area contributed by atoms with Crippen molar-refractivity contribution in [3.05, 3.63) is 28.5 Å². The Balaban J connectivity index is 2.45. The van der Waals surface area contributed by atoms with Crippen LogP contribution in [0.1, 0.15) is 12.8 Å². The van der Waals surface area contributed by atoms with Gasteiger partial charge in [-0.15, -0.1) is 11.6 Å². The van der Waals surface area contributed by atoms with Crippen LogP contribution in [0.3, 0.4) is 0 Å². The van der Waals surface area contributed by atoms with E-state index in [1.165, 1.54) is 12.1 Å². The van der Waals surface area contributed by atoms with E-state index in [0.717, 1.165) is 17.3 Å². The van der Waals surface area contributed by atoms with Crippen molar-refractivity contribution in [2.75, 3.05) is 12.5 Å². The molecule has 1 nitrogen and oxygen atoms in total. The largest absolute Gasteiger partial charge is 0.492 e. The van der Waals surface area contributed by atoms with Gasteiger partial charge in [-0.2, -0.15) is 0 Å². The Labute approximate surface area is 96.3 Å². The summed E-state index contributed by atoms with van der Waals surface area (Å²) in [5.41, 5.74) is 0. The number of benzene rings is 1. The zero-order valence-electron chi connectivity index (χ0n) is 7.60. The van der Waals surface area contributed by atoms with Crippen LogP contribution in [-0.4, -0.2) is 12.5 Å². The molecule has 0 fully saturated rings. The molecule has 0 radical (unpaired) electrons. The molecule has 0 amide bonds. The van der Waals surface area contributed by atoms with Gasteiger partial charge in [0.1, 0.15) is 11.6 Å². The van der Waals surface area contributed by atoms with Gasteiger partial charge < -0.3 is 4.74 Å². The maximum absolute atomic E-state index is 12.8. The quantitative estimate of drug-likeness (QED) is 0.586. The summed E-state index contributed by atoms with van der Waals surface area (Å²) in [6.45, 7) is 0.564. The molecular weight excluding hydrogens is 270 g/mol. The second kappa shape index (κ2) is 6.25. The SMILES string of the molecule is Fc1ccc(Br)c(OCCCCCl)c1. The maximum Gasteiger partial charge on any atom is 0.136 e. The first-order valence-electron chi connectivity index (χ1n) is 4.38. The summed E-state index contributed by atoms with van der Waals surface area (Å²) in [7, 11) is 0. The van der Waals surface area contributed by atoms with Crippen molar-refractivity contribution in [3.8, 4) is 5.75 Å². The first-order chi connectivity index (χ1) is 6.74. The van der Waals surface area contributed by atoms with Crippen molar-refractivity contribution in [2.24, 2.45) is 0 Å². The highest BCUT2D eigenvalue weighted by Crippen LogP contribution is 2.25. The minimum atomic E-state index is -0.291. The molecule has 0 saturated carbocycles. The minimum absolute atomic E-state index is 0.291. The fourth-order valence-electron chi connectivity index (χ4n) is 0.966. The van der Waals surface area contributed by atoms with Gasteiger partial charge in [-0.25, -0.2) is 4.39 Å². The Hall–Kier alpha value is -0.280. The van der Waals surface area contributed by atoms with Gasteiger partial charge in [-0.3, -0.25) is 0 Å². The van der Waals surface area contributed by atoms with Crippen LogP contribution in [0.25, 0.3) is 0 Å². The molecule has 0 heterocycles. The van der Waals surface area contributed by atoms with Crippen LogP contribution >= 0.6 is 27.5 Å². The number of hydrogen-bond acceptors (Lipinski definition) is 1. The summed E-state index contributed by atoms with van der Waals surface area (Å²) in [6.07, 6.45) is 1.79. The van der Waals surface area contributed by atoms with Gasteiger partial charge in [0, 0.05) is 11.9 Å². The molecule has 1 rings (SSSR count). The van der Waals surface area contributed by atoms with Crippen LogP contribution in [0.2, 0.25) is 0 Å². The van der Waals surface area contributed by atoms with Gasteiger partial charge in [-0.1, -0.05) is 0 Å². The molecule has 0 unspecified atom stereocenters. The van der Waals surface area contributed by atoms with E-state index in [2.05, 4.69) is 15.9 Å². The van der Waals surface area contributed by atoms with Crippen molar-refractivity contribution in [1.29, 1.82) is 0 Å². The lowest BCUT2D eigenvalue weighted by Gasteiger charge is -2.07. The monoisotopic (exact) mass is 280 g/mol. The predicted octanol–water partition coefficient (Wildman–Crippen LogP) is 3.99. The van der Waals surface area contributed by atoms with Crippen LogP contribution in [0.4, 0.5) is 4.39 Å². The normalized spacial score (nSPS) is 10.2. The number of hydrogen-bond donors (Lipinski definition) is 0. The second-order valence-electron chi connectivity index (χ2n) is 2.82. The average molecular weight is 282 g/mol. The fourth-order valence-corrected chi connectivity index (χ4v) is 1.52. The minimum Gasteiger partial charge on any atom is -0.492 e. The molecule has 0 N–H and O–H groups in total. The molecule has 0 aliphatic rings. The van der Waals surface area contributed by atoms with Gasteiger partial charge in [0.05, 0.1) is 11.1 Å². The number of halogens is 3. The van der Waals surface area contributed by atoms with Gasteiger partial charge in [0.25, 0.3) is 0 Å². The molecule has 14 heavy (non-hydrogen) atoms. The van der Waals surface area contributed by atoms with E-state index in [9.17, 15) is 4.39 Å². The molecule has 0 aromatic heterocycles. The molecule has 0 aliphatic carbocycles. The van der Waals surface area contributed by atoms with E-state index in [0.29, 0.717) is 18.2 Å². The highest BCUT2D eigenvalue weighted by molar-refractivity contribution is 9.10. The Bertz CT molecular complexity index is 293. The third kappa shape index (κ3) is 3.84. The molecule has 0 bridgehead atoms. The number of unbranched alkanes of at least 4 members (excludes halogenated alkanes) is 1. The van der Waals surface area contributed by atoms with Crippen molar-refractivity contribution < 1.29 is 9.13 Å². The second-order valence-corrected chi connectivity index (χ2v) is 4.05. The van der Waals surface area contributed by atoms with E-state index in [1.807, 2.05) is 0 Å². The number of rotatable bonds is 5. The summed E-state index contributed by atoms with van der Waals surface area (Å²) in [5, 5.41) is 0. The predicted molar refractivity (Wildman–Crippen MR) is 59.5 cm³/mol. The van der Waals surface area contributed by atoms with Gasteiger partial charge in [0.15, 0.2) is 0 Å². The third-order valence-corrected chi connectivity index (χ3v) is 2.60. The van der Waals surface area contributed by atoms with Crippen LogP contribution in [0, 0.1) is 5.82 Å². The van der Waals surface area contributed by atoms with Crippen molar-refractivity contribution in [1.82, 2.24) is 0 Å². The molecule has 0 aliphatic heterocycles. The molecule has 4 heteroatoms. The van der Waals surface area contributed by atoms with Gasteiger partial charge >= 0.3 is 0 Å². The Morgan fingerprint density at radius 2 is 2.14 bits per heavy atom. The number of ether oxygens (including phenoxy) is 1. The van der Waals surface area contributed by atoms with Gasteiger partial charge in [0.2, 0.25) is 0 Å². The van der Waals surface area contributed by atoms with E-state index in [1.54, 1.807) is 6.07 Å². The first-order valence-corrected chi connectivity index (χ1v) is 5.70. The highest BCUT2D eigenvalue weighted by atomic mass is 79.9.